The van der Waals surface area contributed by atoms with E-state index < -0.39 is 21.3 Å². The molecule has 0 aromatic heterocycles. The molecule has 0 radical (unpaired) electrons. The highest BCUT2D eigenvalue weighted by atomic mass is 32.2. The van der Waals surface area contributed by atoms with Crippen LogP contribution < -0.4 is 5.14 Å². The number of nitrogens with zero attached hydrogens (tertiary/aromatic N) is 1. The van der Waals surface area contributed by atoms with Crippen molar-refractivity contribution in [1.82, 2.24) is 4.90 Å². The van der Waals surface area contributed by atoms with E-state index in [1.54, 1.807) is 13.8 Å². The predicted molar refractivity (Wildman–Crippen MR) is 73.6 cm³/mol. The fourth-order valence-corrected chi connectivity index (χ4v) is 3.59. The first-order valence-electron chi connectivity index (χ1n) is 6.77. The number of hydrogen-bond acceptors (Lipinski definition) is 6. The largest absolute Gasteiger partial charge is 0.394 e. The van der Waals surface area contributed by atoms with E-state index in [9.17, 15) is 18.3 Å². The maximum Gasteiger partial charge on any atom is 0.223 e. The van der Waals surface area contributed by atoms with Crippen LogP contribution in [0.15, 0.2) is 0 Å². The van der Waals surface area contributed by atoms with Gasteiger partial charge in [0.2, 0.25) is 15.9 Å². The van der Waals surface area contributed by atoms with Crippen molar-refractivity contribution in [2.75, 3.05) is 32.1 Å². The Morgan fingerprint density at radius 2 is 1.95 bits per heavy atom. The number of aliphatic hydroxyl groups is 1. The molecule has 2 aliphatic rings. The molecular formula is C12H22N2O6S. The van der Waals surface area contributed by atoms with E-state index in [4.69, 9.17) is 14.6 Å². The summed E-state index contributed by atoms with van der Waals surface area (Å²) in [6, 6.07) is 0. The van der Waals surface area contributed by atoms with Gasteiger partial charge in [-0.25, -0.2) is 13.6 Å². The fourth-order valence-electron chi connectivity index (χ4n) is 2.71. The molecule has 0 saturated carbocycles. The lowest BCUT2D eigenvalue weighted by atomic mass is 9.99. The molecule has 2 rings (SSSR count). The number of primary sulfonamides is 1. The highest BCUT2D eigenvalue weighted by Crippen LogP contribution is 2.32. The predicted octanol–water partition coefficient (Wildman–Crippen LogP) is -1.36. The van der Waals surface area contributed by atoms with Crippen LogP contribution in [0, 0.1) is 5.92 Å². The van der Waals surface area contributed by atoms with E-state index in [1.165, 1.54) is 4.90 Å². The third kappa shape index (κ3) is 3.72. The van der Waals surface area contributed by atoms with Crippen LogP contribution >= 0.6 is 0 Å². The number of carbonyl (C=O) groups is 1. The molecule has 122 valence electrons. The summed E-state index contributed by atoms with van der Waals surface area (Å²) in [6.07, 6.45) is 0.0988. The van der Waals surface area contributed by atoms with Crippen molar-refractivity contribution in [2.45, 2.75) is 31.6 Å². The van der Waals surface area contributed by atoms with Gasteiger partial charge in [-0.1, -0.05) is 0 Å². The minimum absolute atomic E-state index is 0.0988. The molecule has 1 atom stereocenters. The lowest BCUT2D eigenvalue weighted by molar-refractivity contribution is -0.288. The Labute approximate surface area is 124 Å². The lowest BCUT2D eigenvalue weighted by Crippen LogP contribution is -2.63. The molecular weight excluding hydrogens is 300 g/mol. The number of hydrogen-bond donors (Lipinski definition) is 2. The van der Waals surface area contributed by atoms with Crippen molar-refractivity contribution < 1.29 is 27.8 Å². The first kappa shape index (κ1) is 16.6. The highest BCUT2D eigenvalue weighted by molar-refractivity contribution is 7.89. The second-order valence-corrected chi connectivity index (χ2v) is 7.92. The number of sulfonamides is 1. The molecule has 21 heavy (non-hydrogen) atoms. The standard InChI is InChI=1S/C12H22N2O6S/c1-11(2)19-7-12(6-15,8-20-11)14-4-9(3-10(14)16)5-21(13,17)18/h9,15H,3-8H2,1-2H3,(H2,13,17,18). The summed E-state index contributed by atoms with van der Waals surface area (Å²) in [4.78, 5) is 13.6. The van der Waals surface area contributed by atoms with Crippen LogP contribution in [0.5, 0.6) is 0 Å². The van der Waals surface area contributed by atoms with E-state index in [0.29, 0.717) is 0 Å². The Kier molecular flexibility index (Phi) is 4.33. The van der Waals surface area contributed by atoms with Gasteiger partial charge in [0, 0.05) is 18.9 Å². The van der Waals surface area contributed by atoms with E-state index in [1.807, 2.05) is 0 Å². The number of ether oxygens (including phenoxy) is 2. The molecule has 0 aliphatic carbocycles. The molecule has 0 aromatic rings. The Morgan fingerprint density at radius 1 is 1.38 bits per heavy atom. The van der Waals surface area contributed by atoms with Crippen molar-refractivity contribution in [3.05, 3.63) is 0 Å². The summed E-state index contributed by atoms with van der Waals surface area (Å²) >= 11 is 0. The third-order valence-corrected chi connectivity index (χ3v) is 4.85. The summed E-state index contributed by atoms with van der Waals surface area (Å²) < 4.78 is 33.4. The van der Waals surface area contributed by atoms with Crippen LogP contribution in [-0.4, -0.2) is 67.8 Å². The number of amides is 1. The quantitative estimate of drug-likeness (QED) is 0.659. The summed E-state index contributed by atoms with van der Waals surface area (Å²) in [6.45, 7) is 3.71. The number of rotatable bonds is 4. The Balaban J connectivity index is 2.11. The molecule has 0 bridgehead atoms. The average molecular weight is 322 g/mol. The van der Waals surface area contributed by atoms with Gasteiger partial charge < -0.3 is 19.5 Å². The van der Waals surface area contributed by atoms with Gasteiger partial charge >= 0.3 is 0 Å². The van der Waals surface area contributed by atoms with E-state index in [0.717, 1.165) is 0 Å². The second kappa shape index (κ2) is 5.47. The minimum Gasteiger partial charge on any atom is -0.394 e. The molecule has 0 spiro atoms. The summed E-state index contributed by atoms with van der Waals surface area (Å²) in [5.41, 5.74) is -0.959. The number of nitrogens with two attached hydrogens (primary N) is 1. The van der Waals surface area contributed by atoms with Crippen molar-refractivity contribution in [2.24, 2.45) is 11.1 Å². The average Bonchev–Trinajstić information content (AvgIpc) is 2.69. The van der Waals surface area contributed by atoms with Gasteiger partial charge in [0.05, 0.1) is 25.6 Å². The van der Waals surface area contributed by atoms with E-state index in [-0.39, 0.29) is 50.4 Å². The Bertz CT molecular complexity index is 508. The monoisotopic (exact) mass is 322 g/mol. The second-order valence-electron chi connectivity index (χ2n) is 6.26. The summed E-state index contributed by atoms with van der Waals surface area (Å²) in [5.74, 6) is -1.60. The van der Waals surface area contributed by atoms with Crippen molar-refractivity contribution in [1.29, 1.82) is 0 Å². The van der Waals surface area contributed by atoms with Crippen molar-refractivity contribution >= 4 is 15.9 Å². The van der Waals surface area contributed by atoms with Crippen LogP contribution in [0.2, 0.25) is 0 Å². The first-order chi connectivity index (χ1) is 9.57. The number of likely N-dealkylation sites (tertiary alicyclic amines) is 1. The number of carbonyl (C=O) groups excluding carboxylic acids is 1. The van der Waals surface area contributed by atoms with Gasteiger partial charge in [-0.3, -0.25) is 4.79 Å². The van der Waals surface area contributed by atoms with Crippen LogP contribution in [0.4, 0.5) is 0 Å². The van der Waals surface area contributed by atoms with Gasteiger partial charge in [-0.2, -0.15) is 0 Å². The lowest BCUT2D eigenvalue weighted by Gasteiger charge is -2.47. The molecule has 2 heterocycles. The molecule has 0 aromatic carbocycles. The SMILES string of the molecule is CC1(C)OCC(CO)(N2CC(CS(N)(=O)=O)CC2=O)CO1. The molecule has 2 fully saturated rings. The van der Waals surface area contributed by atoms with Gasteiger partial charge in [0.25, 0.3) is 0 Å². The molecule has 1 unspecified atom stereocenters. The fraction of sp³-hybridized carbons (Fsp3) is 0.917. The first-order valence-corrected chi connectivity index (χ1v) is 8.48. The normalized spacial score (nSPS) is 28.9. The maximum absolute atomic E-state index is 12.2. The molecule has 8 nitrogen and oxygen atoms in total. The van der Waals surface area contributed by atoms with Crippen molar-refractivity contribution in [3.63, 3.8) is 0 Å². The zero-order valence-corrected chi connectivity index (χ0v) is 13.1. The van der Waals surface area contributed by atoms with Crippen LogP contribution in [0.25, 0.3) is 0 Å². The molecule has 9 heteroatoms. The van der Waals surface area contributed by atoms with Gasteiger partial charge in [-0.15, -0.1) is 0 Å². The summed E-state index contributed by atoms with van der Waals surface area (Å²) in [5, 5.41) is 14.7. The smallest absolute Gasteiger partial charge is 0.223 e. The van der Waals surface area contributed by atoms with Crippen LogP contribution in [0.1, 0.15) is 20.3 Å². The zero-order chi connectivity index (χ0) is 15.9. The number of aliphatic hydroxyl groups excluding tert-OH is 1. The molecule has 1 amide bonds. The molecule has 2 saturated heterocycles. The maximum atomic E-state index is 12.2. The highest BCUT2D eigenvalue weighted by Gasteiger charge is 2.49. The Hall–Kier alpha value is -0.740. The summed E-state index contributed by atoms with van der Waals surface area (Å²) in [7, 11) is -3.63. The van der Waals surface area contributed by atoms with Gasteiger partial charge in [0.1, 0.15) is 5.54 Å². The Morgan fingerprint density at radius 3 is 2.43 bits per heavy atom. The zero-order valence-electron chi connectivity index (χ0n) is 12.2. The molecule has 2 aliphatic heterocycles. The topological polar surface area (TPSA) is 119 Å². The van der Waals surface area contributed by atoms with E-state index in [2.05, 4.69) is 0 Å². The van der Waals surface area contributed by atoms with Gasteiger partial charge in [0.15, 0.2) is 5.79 Å². The minimum atomic E-state index is -3.63. The van der Waals surface area contributed by atoms with Gasteiger partial charge in [-0.05, 0) is 13.8 Å². The van der Waals surface area contributed by atoms with E-state index >= 15 is 0 Å². The van der Waals surface area contributed by atoms with Crippen LogP contribution in [0.3, 0.4) is 0 Å². The van der Waals surface area contributed by atoms with Crippen molar-refractivity contribution in [3.8, 4) is 0 Å². The molecule has 3 N–H and O–H groups in total. The third-order valence-electron chi connectivity index (χ3n) is 3.92. The van der Waals surface area contributed by atoms with Crippen LogP contribution in [-0.2, 0) is 24.3 Å².